The fraction of sp³-hybridized carbons (Fsp3) is 0.294. The normalized spacial score (nSPS) is 11.8. The second-order valence-electron chi connectivity index (χ2n) is 5.20. The molecule has 0 saturated heterocycles. The third-order valence-electron chi connectivity index (χ3n) is 3.48. The molecule has 2 N–H and O–H groups in total. The van der Waals surface area contributed by atoms with E-state index in [0.717, 1.165) is 17.7 Å². The summed E-state index contributed by atoms with van der Waals surface area (Å²) in [5.41, 5.74) is 1.98. The van der Waals surface area contributed by atoms with Gasteiger partial charge in [0.05, 0.1) is 9.88 Å². The minimum absolute atomic E-state index is 0.143. The van der Waals surface area contributed by atoms with E-state index in [2.05, 4.69) is 24.5 Å². The Bertz CT molecular complexity index is 679. The van der Waals surface area contributed by atoms with Crippen LogP contribution in [0.5, 0.6) is 0 Å². The van der Waals surface area contributed by atoms with Crippen molar-refractivity contribution in [2.75, 3.05) is 10.6 Å². The van der Waals surface area contributed by atoms with Crippen molar-refractivity contribution < 1.29 is 9.59 Å². The highest BCUT2D eigenvalue weighted by Gasteiger charge is 2.14. The third kappa shape index (κ3) is 3.95. The van der Waals surface area contributed by atoms with Crippen molar-refractivity contribution in [2.24, 2.45) is 0 Å². The summed E-state index contributed by atoms with van der Waals surface area (Å²) >= 11 is 1.26. The van der Waals surface area contributed by atoms with Crippen LogP contribution in [-0.4, -0.2) is 11.8 Å². The van der Waals surface area contributed by atoms with Crippen LogP contribution in [0.15, 0.2) is 36.4 Å². The highest BCUT2D eigenvalue weighted by Crippen LogP contribution is 2.28. The van der Waals surface area contributed by atoms with E-state index in [1.165, 1.54) is 18.3 Å². The van der Waals surface area contributed by atoms with Crippen molar-refractivity contribution in [3.63, 3.8) is 0 Å². The van der Waals surface area contributed by atoms with E-state index in [-0.39, 0.29) is 11.8 Å². The topological polar surface area (TPSA) is 58.2 Å². The first-order valence-corrected chi connectivity index (χ1v) is 8.10. The zero-order valence-electron chi connectivity index (χ0n) is 13.0. The van der Waals surface area contributed by atoms with E-state index in [1.54, 1.807) is 12.1 Å². The van der Waals surface area contributed by atoms with Gasteiger partial charge in [0.1, 0.15) is 0 Å². The molecule has 2 rings (SSSR count). The number of carbonyl (C=O) groups is 2. The summed E-state index contributed by atoms with van der Waals surface area (Å²) < 4.78 is 0. The molecule has 0 spiro atoms. The highest BCUT2D eigenvalue weighted by atomic mass is 32.1. The fourth-order valence-electron chi connectivity index (χ4n) is 2.14. The number of amides is 2. The van der Waals surface area contributed by atoms with E-state index in [9.17, 15) is 9.59 Å². The molecule has 1 unspecified atom stereocenters. The Labute approximate surface area is 134 Å². The van der Waals surface area contributed by atoms with E-state index in [0.29, 0.717) is 15.8 Å². The summed E-state index contributed by atoms with van der Waals surface area (Å²) in [5.74, 6) is 0.0862. The van der Waals surface area contributed by atoms with E-state index in [1.807, 2.05) is 24.3 Å². The number of anilines is 2. The van der Waals surface area contributed by atoms with E-state index < -0.39 is 0 Å². The van der Waals surface area contributed by atoms with Gasteiger partial charge in [-0.3, -0.25) is 9.59 Å². The Kier molecular flexibility index (Phi) is 5.33. The number of benzene rings is 1. The average molecular weight is 316 g/mol. The number of carbonyl (C=O) groups excluding carboxylic acids is 2. The monoisotopic (exact) mass is 316 g/mol. The van der Waals surface area contributed by atoms with Gasteiger partial charge in [0, 0.05) is 12.6 Å². The van der Waals surface area contributed by atoms with Gasteiger partial charge in [-0.15, -0.1) is 11.3 Å². The maximum Gasteiger partial charge on any atom is 0.265 e. The number of hydrogen-bond donors (Lipinski definition) is 2. The summed E-state index contributed by atoms with van der Waals surface area (Å²) in [6.07, 6.45) is 1.01. The molecule has 1 atom stereocenters. The molecular weight excluding hydrogens is 296 g/mol. The van der Waals surface area contributed by atoms with Gasteiger partial charge in [-0.05, 0) is 36.1 Å². The summed E-state index contributed by atoms with van der Waals surface area (Å²) in [5, 5.41) is 6.32. The van der Waals surface area contributed by atoms with Crippen LogP contribution in [0.4, 0.5) is 10.7 Å². The molecule has 0 aliphatic heterocycles. The number of hydrogen-bond acceptors (Lipinski definition) is 3. The summed E-state index contributed by atoms with van der Waals surface area (Å²) in [7, 11) is 0. The minimum Gasteiger partial charge on any atom is -0.321 e. The van der Waals surface area contributed by atoms with Gasteiger partial charge in [0.2, 0.25) is 5.91 Å². The smallest absolute Gasteiger partial charge is 0.265 e. The van der Waals surface area contributed by atoms with Crippen molar-refractivity contribution in [1.82, 2.24) is 0 Å². The molecule has 116 valence electrons. The molecule has 0 fully saturated rings. The van der Waals surface area contributed by atoms with Crippen LogP contribution in [0.25, 0.3) is 0 Å². The SMILES string of the molecule is CCC(C)c1ccccc1NC(=O)c1ccc(NC(C)=O)s1. The molecule has 0 saturated carbocycles. The van der Waals surface area contributed by atoms with Crippen LogP contribution in [0.1, 0.15) is 48.3 Å². The van der Waals surface area contributed by atoms with Gasteiger partial charge < -0.3 is 10.6 Å². The Morgan fingerprint density at radius 2 is 1.86 bits per heavy atom. The molecule has 0 radical (unpaired) electrons. The molecule has 2 amide bonds. The van der Waals surface area contributed by atoms with Crippen LogP contribution in [0, 0.1) is 0 Å². The number of para-hydroxylation sites is 1. The van der Waals surface area contributed by atoms with Crippen molar-refractivity contribution in [3.8, 4) is 0 Å². The molecule has 1 aromatic heterocycles. The van der Waals surface area contributed by atoms with Gasteiger partial charge in [0.25, 0.3) is 5.91 Å². The fourth-order valence-corrected chi connectivity index (χ4v) is 2.99. The Morgan fingerprint density at radius 1 is 1.14 bits per heavy atom. The molecule has 0 aliphatic carbocycles. The second kappa shape index (κ2) is 7.22. The van der Waals surface area contributed by atoms with Gasteiger partial charge in [-0.2, -0.15) is 0 Å². The number of nitrogens with one attached hydrogen (secondary N) is 2. The lowest BCUT2D eigenvalue weighted by atomic mass is 9.97. The quantitative estimate of drug-likeness (QED) is 0.855. The highest BCUT2D eigenvalue weighted by molar-refractivity contribution is 7.18. The van der Waals surface area contributed by atoms with Crippen LogP contribution in [0.2, 0.25) is 0 Å². The lowest BCUT2D eigenvalue weighted by molar-refractivity contribution is -0.114. The van der Waals surface area contributed by atoms with Gasteiger partial charge in [0.15, 0.2) is 0 Å². The summed E-state index contributed by atoms with van der Waals surface area (Å²) in [6.45, 7) is 5.72. The van der Waals surface area contributed by atoms with E-state index >= 15 is 0 Å². The molecule has 0 aliphatic rings. The molecule has 1 heterocycles. The van der Waals surface area contributed by atoms with Crippen molar-refractivity contribution in [1.29, 1.82) is 0 Å². The largest absolute Gasteiger partial charge is 0.321 e. The van der Waals surface area contributed by atoms with Crippen LogP contribution < -0.4 is 10.6 Å². The van der Waals surface area contributed by atoms with Crippen LogP contribution >= 0.6 is 11.3 Å². The standard InChI is InChI=1S/C17H20N2O2S/c1-4-11(2)13-7-5-6-8-14(13)19-17(21)15-9-10-16(22-15)18-12(3)20/h5-11H,4H2,1-3H3,(H,18,20)(H,19,21). The molecule has 0 bridgehead atoms. The Morgan fingerprint density at radius 3 is 2.55 bits per heavy atom. The van der Waals surface area contributed by atoms with Gasteiger partial charge >= 0.3 is 0 Å². The Balaban J connectivity index is 2.15. The number of thiophene rings is 1. The number of rotatable bonds is 5. The van der Waals surface area contributed by atoms with Gasteiger partial charge in [-0.25, -0.2) is 0 Å². The molecular formula is C17H20N2O2S. The van der Waals surface area contributed by atoms with Crippen molar-refractivity contribution in [2.45, 2.75) is 33.1 Å². The summed E-state index contributed by atoms with van der Waals surface area (Å²) in [4.78, 5) is 24.0. The minimum atomic E-state index is -0.155. The van der Waals surface area contributed by atoms with Crippen molar-refractivity contribution >= 4 is 33.8 Å². The lowest BCUT2D eigenvalue weighted by Crippen LogP contribution is -2.12. The van der Waals surface area contributed by atoms with Crippen LogP contribution in [-0.2, 0) is 4.79 Å². The molecule has 4 nitrogen and oxygen atoms in total. The average Bonchev–Trinajstić information content (AvgIpc) is 2.94. The van der Waals surface area contributed by atoms with Crippen LogP contribution in [0.3, 0.4) is 0 Å². The lowest BCUT2D eigenvalue weighted by Gasteiger charge is -2.15. The predicted molar refractivity (Wildman–Crippen MR) is 91.7 cm³/mol. The third-order valence-corrected chi connectivity index (χ3v) is 4.48. The molecule has 5 heteroatoms. The summed E-state index contributed by atoms with van der Waals surface area (Å²) in [6, 6.07) is 11.3. The Hall–Kier alpha value is -2.14. The second-order valence-corrected chi connectivity index (χ2v) is 6.28. The zero-order chi connectivity index (χ0) is 16.1. The van der Waals surface area contributed by atoms with E-state index in [4.69, 9.17) is 0 Å². The molecule has 22 heavy (non-hydrogen) atoms. The van der Waals surface area contributed by atoms with Gasteiger partial charge in [-0.1, -0.05) is 32.0 Å². The first kappa shape index (κ1) is 16.2. The molecule has 1 aromatic carbocycles. The predicted octanol–water partition coefficient (Wildman–Crippen LogP) is 4.47. The zero-order valence-corrected chi connectivity index (χ0v) is 13.8. The maximum absolute atomic E-state index is 12.4. The van der Waals surface area contributed by atoms with Crippen molar-refractivity contribution in [3.05, 3.63) is 46.8 Å². The maximum atomic E-state index is 12.4. The molecule has 2 aromatic rings. The first-order chi connectivity index (χ1) is 10.5. The first-order valence-electron chi connectivity index (χ1n) is 7.29.